The average molecular weight is 709 g/mol. The Hall–Kier alpha value is -3.76. The van der Waals surface area contributed by atoms with Crippen molar-refractivity contribution in [2.24, 2.45) is 0 Å². The van der Waals surface area contributed by atoms with E-state index in [4.69, 9.17) is 18.9 Å². The highest BCUT2D eigenvalue weighted by molar-refractivity contribution is 5.92. The number of hydrogen-bond donors (Lipinski definition) is 0. The van der Waals surface area contributed by atoms with Crippen LogP contribution in [0.5, 0.6) is 0 Å². The molecule has 0 bridgehead atoms. The van der Waals surface area contributed by atoms with Crippen molar-refractivity contribution in [3.8, 4) is 0 Å². The van der Waals surface area contributed by atoms with Crippen molar-refractivity contribution in [2.45, 2.75) is 122 Å². The van der Waals surface area contributed by atoms with E-state index in [2.05, 4.69) is 41.8 Å². The Morgan fingerprint density at radius 2 is 0.902 bits per heavy atom. The van der Waals surface area contributed by atoms with E-state index in [1.54, 1.807) is 48.5 Å². The standard InChI is InChI=1S/C41H60N2O8/c1-30-18-16-19-31(2)42(30,5)28-36(50-38(44)34-22-10-7-11-23-34)40(46)48-26-14-9-15-27-49-41(47)37(51-39(45)35-24-12-8-13-25-35)29-43(6)32(3)20-17-21-33(43)4/h7-8,10-13,22-25,30-33,36-37H,9,14-21,26-29H2,1-6H3/q+2. The second-order valence-electron chi connectivity index (χ2n) is 15.2. The fourth-order valence-corrected chi connectivity index (χ4v) is 7.68. The summed E-state index contributed by atoms with van der Waals surface area (Å²) in [5.41, 5.74) is 0.778. The van der Waals surface area contributed by atoms with Crippen molar-refractivity contribution in [1.29, 1.82) is 0 Å². The topological polar surface area (TPSA) is 105 Å². The van der Waals surface area contributed by atoms with Crippen LogP contribution in [-0.4, -0.2) is 110 Å². The number of carbonyl (C=O) groups excluding carboxylic acids is 4. The molecule has 2 aliphatic heterocycles. The number of nitrogens with zero attached hydrogens (tertiary/aromatic N) is 2. The van der Waals surface area contributed by atoms with Gasteiger partial charge in [-0.05, 0) is 110 Å². The van der Waals surface area contributed by atoms with Crippen LogP contribution in [0.2, 0.25) is 0 Å². The van der Waals surface area contributed by atoms with Gasteiger partial charge in [0.1, 0.15) is 13.1 Å². The summed E-state index contributed by atoms with van der Waals surface area (Å²) in [7, 11) is 4.27. The van der Waals surface area contributed by atoms with Crippen LogP contribution in [-0.2, 0) is 28.5 Å². The van der Waals surface area contributed by atoms with Gasteiger partial charge in [0.25, 0.3) is 0 Å². The number of unbranched alkanes of at least 4 members (excludes halogenated alkanes) is 2. The number of hydrogen-bond acceptors (Lipinski definition) is 8. The Bertz CT molecular complexity index is 1310. The molecule has 10 nitrogen and oxygen atoms in total. The van der Waals surface area contributed by atoms with E-state index in [1.807, 2.05) is 12.1 Å². The maximum atomic E-state index is 13.4. The second kappa shape index (κ2) is 18.6. The predicted octanol–water partition coefficient (Wildman–Crippen LogP) is 6.51. The van der Waals surface area contributed by atoms with Gasteiger partial charge in [-0.3, -0.25) is 0 Å². The molecule has 0 aliphatic carbocycles. The fourth-order valence-electron chi connectivity index (χ4n) is 7.68. The van der Waals surface area contributed by atoms with Crippen molar-refractivity contribution in [2.75, 3.05) is 40.4 Å². The SMILES string of the molecule is CC1CCCC(C)[N+]1(C)CC(OC(=O)c1ccccc1)C(=O)OCCCCCOC(=O)C(C[N+]1(C)C(C)CCCC1C)OC(=O)c1ccccc1. The minimum absolute atomic E-state index is 0.157. The van der Waals surface area contributed by atoms with Crippen molar-refractivity contribution in [1.82, 2.24) is 0 Å². The lowest BCUT2D eigenvalue weighted by atomic mass is 9.93. The summed E-state index contributed by atoms with van der Waals surface area (Å²) in [4.78, 5) is 52.8. The van der Waals surface area contributed by atoms with E-state index in [9.17, 15) is 19.2 Å². The average Bonchev–Trinajstić information content (AvgIpc) is 3.12. The highest BCUT2D eigenvalue weighted by atomic mass is 16.6. The number of benzene rings is 2. The fraction of sp³-hybridized carbons (Fsp3) is 0.610. The van der Waals surface area contributed by atoms with Gasteiger partial charge in [-0.2, -0.15) is 0 Å². The number of piperidine rings is 2. The molecule has 2 saturated heterocycles. The molecule has 0 radical (unpaired) electrons. The van der Waals surface area contributed by atoms with Gasteiger partial charge in [0.2, 0.25) is 12.2 Å². The smallest absolute Gasteiger partial charge is 0.353 e. The van der Waals surface area contributed by atoms with Crippen LogP contribution >= 0.6 is 0 Å². The Morgan fingerprint density at radius 3 is 1.24 bits per heavy atom. The Balaban J connectivity index is 1.29. The maximum absolute atomic E-state index is 13.4. The molecule has 51 heavy (non-hydrogen) atoms. The molecule has 2 fully saturated rings. The van der Waals surface area contributed by atoms with E-state index in [1.165, 1.54) is 0 Å². The van der Waals surface area contributed by atoms with Crippen LogP contribution in [0, 0.1) is 0 Å². The van der Waals surface area contributed by atoms with Crippen molar-refractivity contribution < 1.29 is 47.1 Å². The van der Waals surface area contributed by atoms with Gasteiger partial charge >= 0.3 is 23.9 Å². The third-order valence-electron chi connectivity index (χ3n) is 12.0. The lowest BCUT2D eigenvalue weighted by Crippen LogP contribution is -2.63. The zero-order valence-electron chi connectivity index (χ0n) is 31.6. The summed E-state index contributed by atoms with van der Waals surface area (Å²) in [6, 6.07) is 18.7. The monoisotopic (exact) mass is 708 g/mol. The summed E-state index contributed by atoms with van der Waals surface area (Å²) in [6.07, 6.45) is 6.16. The Labute approximate surface area is 304 Å². The number of likely N-dealkylation sites (N-methyl/N-ethyl adjacent to an activating group) is 2. The minimum atomic E-state index is -1.03. The zero-order valence-corrected chi connectivity index (χ0v) is 31.6. The van der Waals surface area contributed by atoms with Gasteiger partial charge < -0.3 is 27.9 Å². The highest BCUT2D eigenvalue weighted by Gasteiger charge is 2.45. The third kappa shape index (κ3) is 10.6. The van der Waals surface area contributed by atoms with Crippen LogP contribution in [0.25, 0.3) is 0 Å². The second-order valence-corrected chi connectivity index (χ2v) is 15.2. The van der Waals surface area contributed by atoms with Crippen LogP contribution in [0.3, 0.4) is 0 Å². The Kier molecular flexibility index (Phi) is 14.6. The molecule has 0 aromatic heterocycles. The van der Waals surface area contributed by atoms with E-state index < -0.39 is 36.1 Å². The first-order chi connectivity index (χ1) is 24.3. The number of carbonyl (C=O) groups is 4. The number of ether oxygens (including phenoxy) is 4. The number of esters is 4. The molecule has 2 aromatic carbocycles. The molecule has 0 amide bonds. The molecule has 0 saturated carbocycles. The van der Waals surface area contributed by atoms with Gasteiger partial charge in [-0.1, -0.05) is 36.4 Å². The van der Waals surface area contributed by atoms with Gasteiger partial charge in [0, 0.05) is 0 Å². The van der Waals surface area contributed by atoms with Crippen molar-refractivity contribution in [3.63, 3.8) is 0 Å². The van der Waals surface area contributed by atoms with Crippen molar-refractivity contribution in [3.05, 3.63) is 71.8 Å². The number of rotatable bonds is 16. The molecular formula is C41H60N2O8+2. The van der Waals surface area contributed by atoms with Gasteiger partial charge in [0.05, 0.1) is 62.6 Å². The Morgan fingerprint density at radius 1 is 0.569 bits per heavy atom. The molecule has 10 heteroatoms. The molecule has 2 aliphatic rings. The highest BCUT2D eigenvalue weighted by Crippen LogP contribution is 2.32. The summed E-state index contributed by atoms with van der Waals surface area (Å²) in [5, 5.41) is 0. The molecular weight excluding hydrogens is 648 g/mol. The normalized spacial score (nSPS) is 27.4. The molecule has 2 heterocycles. The minimum Gasteiger partial charge on any atom is -0.463 e. The van der Waals surface area contributed by atoms with E-state index in [-0.39, 0.29) is 13.2 Å². The molecule has 0 spiro atoms. The third-order valence-corrected chi connectivity index (χ3v) is 12.0. The largest absolute Gasteiger partial charge is 0.463 e. The molecule has 6 atom stereocenters. The first-order valence-electron chi connectivity index (χ1n) is 18.9. The first kappa shape index (κ1) is 40.0. The maximum Gasteiger partial charge on any atom is 0.353 e. The lowest BCUT2D eigenvalue weighted by molar-refractivity contribution is -0.959. The summed E-state index contributed by atoms with van der Waals surface area (Å²) in [5.74, 6) is -2.18. The molecule has 2 aromatic rings. The predicted molar refractivity (Wildman–Crippen MR) is 195 cm³/mol. The van der Waals surface area contributed by atoms with Crippen LogP contribution in [0.15, 0.2) is 60.7 Å². The van der Waals surface area contributed by atoms with Crippen LogP contribution < -0.4 is 0 Å². The molecule has 280 valence electrons. The van der Waals surface area contributed by atoms with Gasteiger partial charge in [-0.25, -0.2) is 19.2 Å². The summed E-state index contributed by atoms with van der Waals surface area (Å²) < 4.78 is 24.2. The van der Waals surface area contributed by atoms with Gasteiger partial charge in [0.15, 0.2) is 0 Å². The number of quaternary nitrogens is 2. The molecule has 4 rings (SSSR count). The molecule has 0 N–H and O–H groups in total. The van der Waals surface area contributed by atoms with Crippen LogP contribution in [0.1, 0.15) is 106 Å². The summed E-state index contributed by atoms with van der Waals surface area (Å²) in [6.45, 7) is 9.77. The first-order valence-corrected chi connectivity index (χ1v) is 18.9. The van der Waals surface area contributed by atoms with Crippen molar-refractivity contribution >= 4 is 23.9 Å². The van der Waals surface area contributed by atoms with Gasteiger partial charge in [-0.15, -0.1) is 0 Å². The number of likely N-dealkylation sites (tertiary alicyclic amines) is 2. The van der Waals surface area contributed by atoms with Crippen LogP contribution in [0.4, 0.5) is 0 Å². The van der Waals surface area contributed by atoms with E-state index in [0.717, 1.165) is 38.5 Å². The lowest BCUT2D eigenvalue weighted by Gasteiger charge is -2.49. The molecule has 6 unspecified atom stereocenters. The zero-order chi connectivity index (χ0) is 37.0. The van der Waals surface area contributed by atoms with E-state index >= 15 is 0 Å². The quantitative estimate of drug-likeness (QED) is 0.0842. The summed E-state index contributed by atoms with van der Waals surface area (Å²) >= 11 is 0. The van der Waals surface area contributed by atoms with E-state index in [0.29, 0.717) is 76.6 Å².